The number of phenolic OH excluding ortho intramolecular Hbond substituents is 1. The molecule has 1 saturated heterocycles. The molecule has 1 fully saturated rings. The number of hydrogen-bond donors (Lipinski definition) is 2. The summed E-state index contributed by atoms with van der Waals surface area (Å²) in [5, 5.41) is 12.8. The molecule has 1 aromatic carbocycles. The van der Waals surface area contributed by atoms with Crippen LogP contribution in [0.2, 0.25) is 0 Å². The Hall–Kier alpha value is -0.870. The largest absolute Gasteiger partial charge is 0.507 e. The SMILES string of the molecule is O=S(c1ccccc1O)C1CCNC1. The lowest BCUT2D eigenvalue weighted by molar-refractivity contribution is 0.461. The van der Waals surface area contributed by atoms with Crippen molar-refractivity contribution in [3.8, 4) is 5.75 Å². The Bertz CT molecular complexity index is 348. The minimum absolute atomic E-state index is 0.137. The summed E-state index contributed by atoms with van der Waals surface area (Å²) in [7, 11) is -1.08. The fraction of sp³-hybridized carbons (Fsp3) is 0.400. The maximum atomic E-state index is 12.0. The molecule has 3 nitrogen and oxygen atoms in total. The van der Waals surface area contributed by atoms with Gasteiger partial charge < -0.3 is 10.4 Å². The fourth-order valence-corrected chi connectivity index (χ4v) is 3.06. The van der Waals surface area contributed by atoms with Gasteiger partial charge in [0.2, 0.25) is 0 Å². The van der Waals surface area contributed by atoms with Crippen molar-refractivity contribution in [2.24, 2.45) is 0 Å². The number of benzene rings is 1. The van der Waals surface area contributed by atoms with Crippen LogP contribution >= 0.6 is 0 Å². The molecule has 2 N–H and O–H groups in total. The van der Waals surface area contributed by atoms with E-state index in [0.29, 0.717) is 4.90 Å². The molecule has 2 atom stereocenters. The van der Waals surface area contributed by atoms with Crippen molar-refractivity contribution in [3.05, 3.63) is 24.3 Å². The summed E-state index contributed by atoms with van der Waals surface area (Å²) in [6.45, 7) is 1.70. The zero-order valence-corrected chi connectivity index (χ0v) is 8.59. The Morgan fingerprint density at radius 2 is 2.21 bits per heavy atom. The van der Waals surface area contributed by atoms with Gasteiger partial charge in [-0.15, -0.1) is 0 Å². The van der Waals surface area contributed by atoms with Gasteiger partial charge in [0.25, 0.3) is 0 Å². The van der Waals surface area contributed by atoms with E-state index < -0.39 is 10.8 Å². The van der Waals surface area contributed by atoms with Crippen LogP contribution in [-0.2, 0) is 10.8 Å². The van der Waals surface area contributed by atoms with E-state index in [0.717, 1.165) is 19.5 Å². The number of nitrogens with one attached hydrogen (secondary N) is 1. The van der Waals surface area contributed by atoms with Crippen LogP contribution < -0.4 is 5.32 Å². The van der Waals surface area contributed by atoms with Gasteiger partial charge in [-0.05, 0) is 25.1 Å². The first-order valence-electron chi connectivity index (χ1n) is 4.68. The molecule has 0 aliphatic carbocycles. The molecule has 0 bridgehead atoms. The van der Waals surface area contributed by atoms with E-state index in [1.807, 2.05) is 0 Å². The molecule has 2 unspecified atom stereocenters. The summed E-state index contributed by atoms with van der Waals surface area (Å²) >= 11 is 0. The molecule has 1 aliphatic rings. The molecule has 0 aromatic heterocycles. The van der Waals surface area contributed by atoms with Gasteiger partial charge in [-0.25, -0.2) is 0 Å². The first-order chi connectivity index (χ1) is 6.79. The Balaban J connectivity index is 2.22. The van der Waals surface area contributed by atoms with E-state index in [1.54, 1.807) is 24.3 Å². The summed E-state index contributed by atoms with van der Waals surface area (Å²) < 4.78 is 12.0. The van der Waals surface area contributed by atoms with Crippen LogP contribution in [0.1, 0.15) is 6.42 Å². The molecule has 14 heavy (non-hydrogen) atoms. The standard InChI is InChI=1S/C10H13NO2S/c12-9-3-1-2-4-10(9)14(13)8-5-6-11-7-8/h1-4,8,11-12H,5-7H2. The lowest BCUT2D eigenvalue weighted by Crippen LogP contribution is -2.18. The molecule has 1 aliphatic heterocycles. The second-order valence-corrected chi connectivity index (χ2v) is 5.08. The van der Waals surface area contributed by atoms with Crippen molar-refractivity contribution < 1.29 is 9.32 Å². The van der Waals surface area contributed by atoms with Crippen LogP contribution in [-0.4, -0.2) is 27.7 Å². The van der Waals surface area contributed by atoms with Crippen molar-refractivity contribution in [2.75, 3.05) is 13.1 Å². The molecule has 76 valence electrons. The van der Waals surface area contributed by atoms with Crippen molar-refractivity contribution in [3.63, 3.8) is 0 Å². The van der Waals surface area contributed by atoms with Crippen molar-refractivity contribution >= 4 is 10.8 Å². The van der Waals surface area contributed by atoms with E-state index in [-0.39, 0.29) is 11.0 Å². The van der Waals surface area contributed by atoms with E-state index >= 15 is 0 Å². The van der Waals surface area contributed by atoms with Crippen LogP contribution in [0.25, 0.3) is 0 Å². The average Bonchev–Trinajstić information content (AvgIpc) is 2.70. The summed E-state index contributed by atoms with van der Waals surface area (Å²) in [4.78, 5) is 0.557. The van der Waals surface area contributed by atoms with Crippen LogP contribution in [0.3, 0.4) is 0 Å². The Labute approximate surface area is 85.6 Å². The van der Waals surface area contributed by atoms with Gasteiger partial charge >= 0.3 is 0 Å². The van der Waals surface area contributed by atoms with E-state index in [1.165, 1.54) is 0 Å². The predicted molar refractivity (Wildman–Crippen MR) is 55.8 cm³/mol. The van der Waals surface area contributed by atoms with Gasteiger partial charge in [0, 0.05) is 6.54 Å². The maximum absolute atomic E-state index is 12.0. The number of aromatic hydroxyl groups is 1. The molecule has 0 radical (unpaired) electrons. The van der Waals surface area contributed by atoms with Gasteiger partial charge in [0.1, 0.15) is 5.75 Å². The molecule has 4 heteroatoms. The third kappa shape index (κ3) is 1.81. The molecular weight excluding hydrogens is 198 g/mol. The number of hydrogen-bond acceptors (Lipinski definition) is 3. The van der Waals surface area contributed by atoms with Crippen molar-refractivity contribution in [1.82, 2.24) is 5.32 Å². The Morgan fingerprint density at radius 3 is 2.86 bits per heavy atom. The van der Waals surface area contributed by atoms with Gasteiger partial charge in [0.15, 0.2) is 0 Å². The van der Waals surface area contributed by atoms with Crippen LogP contribution in [0.5, 0.6) is 5.75 Å². The molecule has 0 saturated carbocycles. The van der Waals surface area contributed by atoms with E-state index in [9.17, 15) is 9.32 Å². The average molecular weight is 211 g/mol. The summed E-state index contributed by atoms with van der Waals surface area (Å²) in [6, 6.07) is 6.84. The lowest BCUT2D eigenvalue weighted by Gasteiger charge is -2.09. The molecular formula is C10H13NO2S. The first-order valence-corrected chi connectivity index (χ1v) is 5.89. The van der Waals surface area contributed by atoms with Gasteiger partial charge in [0.05, 0.1) is 20.9 Å². The smallest absolute Gasteiger partial charge is 0.131 e. The third-order valence-electron chi connectivity index (χ3n) is 2.40. The van der Waals surface area contributed by atoms with Gasteiger partial charge in [-0.3, -0.25) is 4.21 Å². The number of para-hydroxylation sites is 1. The predicted octanol–water partition coefficient (Wildman–Crippen LogP) is 0.862. The monoisotopic (exact) mass is 211 g/mol. The Kier molecular flexibility index (Phi) is 2.84. The maximum Gasteiger partial charge on any atom is 0.131 e. The van der Waals surface area contributed by atoms with Gasteiger partial charge in [-0.1, -0.05) is 12.1 Å². The third-order valence-corrected chi connectivity index (χ3v) is 4.19. The minimum atomic E-state index is -1.08. The molecule has 0 spiro atoms. The van der Waals surface area contributed by atoms with Crippen molar-refractivity contribution in [2.45, 2.75) is 16.6 Å². The van der Waals surface area contributed by atoms with E-state index in [4.69, 9.17) is 0 Å². The topological polar surface area (TPSA) is 49.3 Å². The fourth-order valence-electron chi connectivity index (χ4n) is 1.62. The summed E-state index contributed by atoms with van der Waals surface area (Å²) in [5.41, 5.74) is 0. The first kappa shape index (κ1) is 9.68. The zero-order chi connectivity index (χ0) is 9.97. The second kappa shape index (κ2) is 4.11. The quantitative estimate of drug-likeness (QED) is 0.763. The highest BCUT2D eigenvalue weighted by Gasteiger charge is 2.23. The van der Waals surface area contributed by atoms with Crippen LogP contribution in [0, 0.1) is 0 Å². The second-order valence-electron chi connectivity index (χ2n) is 3.38. The number of rotatable bonds is 2. The molecule has 2 rings (SSSR count). The van der Waals surface area contributed by atoms with Crippen LogP contribution in [0.15, 0.2) is 29.2 Å². The lowest BCUT2D eigenvalue weighted by atomic mass is 10.3. The highest BCUT2D eigenvalue weighted by atomic mass is 32.2. The number of phenols is 1. The normalized spacial score (nSPS) is 23.6. The summed E-state index contributed by atoms with van der Waals surface area (Å²) in [5.74, 6) is 0.137. The molecule has 0 amide bonds. The summed E-state index contributed by atoms with van der Waals surface area (Å²) in [6.07, 6.45) is 0.918. The van der Waals surface area contributed by atoms with Gasteiger partial charge in [-0.2, -0.15) is 0 Å². The van der Waals surface area contributed by atoms with E-state index in [2.05, 4.69) is 5.32 Å². The molecule has 1 aromatic rings. The van der Waals surface area contributed by atoms with Crippen molar-refractivity contribution in [1.29, 1.82) is 0 Å². The molecule has 1 heterocycles. The highest BCUT2D eigenvalue weighted by molar-refractivity contribution is 7.85. The minimum Gasteiger partial charge on any atom is -0.507 e. The Morgan fingerprint density at radius 1 is 1.43 bits per heavy atom. The highest BCUT2D eigenvalue weighted by Crippen LogP contribution is 2.24. The van der Waals surface area contributed by atoms with Crippen LogP contribution in [0.4, 0.5) is 0 Å². The zero-order valence-electron chi connectivity index (χ0n) is 7.77.